The number of methoxy groups -OCH3 is 1. The largest absolute Gasteiger partial charge is 0.496 e. The average Bonchev–Trinajstić information content (AvgIpc) is 2.64. The molecule has 0 saturated carbocycles. The summed E-state index contributed by atoms with van der Waals surface area (Å²) in [6, 6.07) is 6.93. The van der Waals surface area contributed by atoms with Crippen LogP contribution in [0.15, 0.2) is 18.2 Å². The second-order valence-electron chi connectivity index (χ2n) is 5.52. The summed E-state index contributed by atoms with van der Waals surface area (Å²) in [5, 5.41) is 0. The molecule has 1 heterocycles. The zero-order valence-corrected chi connectivity index (χ0v) is 12.2. The first-order valence-corrected chi connectivity index (χ1v) is 7.32. The molecule has 1 aromatic carbocycles. The van der Waals surface area contributed by atoms with Gasteiger partial charge in [0.2, 0.25) is 0 Å². The maximum atomic E-state index is 5.94. The number of aryl methyl sites for hydroxylation is 1. The van der Waals surface area contributed by atoms with Crippen LogP contribution < -0.4 is 10.5 Å². The van der Waals surface area contributed by atoms with Gasteiger partial charge in [0.15, 0.2) is 0 Å². The van der Waals surface area contributed by atoms with Crippen LogP contribution in [0.1, 0.15) is 36.8 Å². The Morgan fingerprint density at radius 1 is 1.32 bits per heavy atom. The fraction of sp³-hybridized carbons (Fsp3) is 0.625. The van der Waals surface area contributed by atoms with Crippen LogP contribution in [0.3, 0.4) is 0 Å². The molecule has 1 atom stereocenters. The molecule has 0 aromatic heterocycles. The molecule has 0 radical (unpaired) electrons. The number of rotatable bonds is 4. The standard InChI is InChI=1S/C16H26N2O/c1-13-7-8-16(19-2)14(10-13)12-18-9-5-3-4-6-15(18)11-17/h7-8,10,15H,3-6,9,11-12,17H2,1-2H3. The fourth-order valence-corrected chi connectivity index (χ4v) is 2.96. The van der Waals surface area contributed by atoms with E-state index >= 15 is 0 Å². The molecule has 1 aromatic rings. The predicted molar refractivity (Wildman–Crippen MR) is 79.5 cm³/mol. The Kier molecular flexibility index (Phi) is 5.23. The van der Waals surface area contributed by atoms with E-state index in [2.05, 4.69) is 30.0 Å². The highest BCUT2D eigenvalue weighted by molar-refractivity contribution is 5.36. The van der Waals surface area contributed by atoms with Gasteiger partial charge in [-0.1, -0.05) is 30.5 Å². The molecule has 1 unspecified atom stereocenters. The van der Waals surface area contributed by atoms with E-state index < -0.39 is 0 Å². The van der Waals surface area contributed by atoms with E-state index in [1.807, 2.05) is 0 Å². The van der Waals surface area contributed by atoms with Crippen LogP contribution in [-0.2, 0) is 6.54 Å². The lowest BCUT2D eigenvalue weighted by Crippen LogP contribution is -2.39. The van der Waals surface area contributed by atoms with Crippen molar-refractivity contribution in [2.24, 2.45) is 5.73 Å². The van der Waals surface area contributed by atoms with Crippen molar-refractivity contribution in [1.29, 1.82) is 0 Å². The highest BCUT2D eigenvalue weighted by Gasteiger charge is 2.20. The fourth-order valence-electron chi connectivity index (χ4n) is 2.96. The van der Waals surface area contributed by atoms with Crippen LogP contribution in [0.25, 0.3) is 0 Å². The summed E-state index contributed by atoms with van der Waals surface area (Å²) in [5.41, 5.74) is 8.51. The summed E-state index contributed by atoms with van der Waals surface area (Å²) in [6.07, 6.45) is 5.15. The molecule has 0 bridgehead atoms. The van der Waals surface area contributed by atoms with Crippen molar-refractivity contribution in [1.82, 2.24) is 4.90 Å². The van der Waals surface area contributed by atoms with Crippen LogP contribution in [0.5, 0.6) is 5.75 Å². The zero-order chi connectivity index (χ0) is 13.7. The molecule has 0 aliphatic carbocycles. The minimum atomic E-state index is 0.521. The van der Waals surface area contributed by atoms with E-state index in [0.29, 0.717) is 6.04 Å². The smallest absolute Gasteiger partial charge is 0.123 e. The van der Waals surface area contributed by atoms with Gasteiger partial charge in [0.1, 0.15) is 5.75 Å². The Morgan fingerprint density at radius 2 is 2.16 bits per heavy atom. The summed E-state index contributed by atoms with van der Waals surface area (Å²) in [4.78, 5) is 2.53. The highest BCUT2D eigenvalue weighted by atomic mass is 16.5. The summed E-state index contributed by atoms with van der Waals surface area (Å²) >= 11 is 0. The molecule has 0 amide bonds. The van der Waals surface area contributed by atoms with Crippen LogP contribution in [0, 0.1) is 6.92 Å². The quantitative estimate of drug-likeness (QED) is 0.906. The molecule has 106 valence electrons. The third-order valence-electron chi connectivity index (χ3n) is 4.08. The van der Waals surface area contributed by atoms with Gasteiger partial charge in [0.25, 0.3) is 0 Å². The Balaban J connectivity index is 2.15. The van der Waals surface area contributed by atoms with Gasteiger partial charge in [-0.05, 0) is 32.4 Å². The van der Waals surface area contributed by atoms with E-state index in [1.54, 1.807) is 7.11 Å². The number of nitrogens with zero attached hydrogens (tertiary/aromatic N) is 1. The van der Waals surface area contributed by atoms with Crippen LogP contribution >= 0.6 is 0 Å². The van der Waals surface area contributed by atoms with E-state index in [4.69, 9.17) is 10.5 Å². The minimum absolute atomic E-state index is 0.521. The molecule has 1 saturated heterocycles. The number of likely N-dealkylation sites (tertiary alicyclic amines) is 1. The maximum Gasteiger partial charge on any atom is 0.123 e. The van der Waals surface area contributed by atoms with Crippen molar-refractivity contribution in [3.05, 3.63) is 29.3 Å². The molecule has 19 heavy (non-hydrogen) atoms. The monoisotopic (exact) mass is 262 g/mol. The van der Waals surface area contributed by atoms with E-state index in [0.717, 1.165) is 25.4 Å². The van der Waals surface area contributed by atoms with Crippen molar-refractivity contribution in [2.75, 3.05) is 20.2 Å². The SMILES string of the molecule is COc1ccc(C)cc1CN1CCCCCC1CN. The van der Waals surface area contributed by atoms with Crippen molar-refractivity contribution in [3.8, 4) is 5.75 Å². The van der Waals surface area contributed by atoms with E-state index in [1.165, 1.54) is 36.8 Å². The molecular formula is C16H26N2O. The van der Waals surface area contributed by atoms with Gasteiger partial charge < -0.3 is 10.5 Å². The first-order chi connectivity index (χ1) is 9.24. The lowest BCUT2D eigenvalue weighted by Gasteiger charge is -2.29. The van der Waals surface area contributed by atoms with Crippen molar-refractivity contribution < 1.29 is 4.74 Å². The number of benzene rings is 1. The third-order valence-corrected chi connectivity index (χ3v) is 4.08. The molecule has 2 N–H and O–H groups in total. The van der Waals surface area contributed by atoms with Crippen LogP contribution in [0.4, 0.5) is 0 Å². The summed E-state index contributed by atoms with van der Waals surface area (Å²) < 4.78 is 5.48. The van der Waals surface area contributed by atoms with Crippen LogP contribution in [-0.4, -0.2) is 31.1 Å². The van der Waals surface area contributed by atoms with Crippen molar-refractivity contribution in [3.63, 3.8) is 0 Å². The average molecular weight is 262 g/mol. The Bertz CT molecular complexity index is 406. The third kappa shape index (κ3) is 3.71. The summed E-state index contributed by atoms with van der Waals surface area (Å²) in [7, 11) is 1.75. The second-order valence-corrected chi connectivity index (χ2v) is 5.52. The number of ether oxygens (including phenoxy) is 1. The number of hydrogen-bond acceptors (Lipinski definition) is 3. The second kappa shape index (κ2) is 6.92. The van der Waals surface area contributed by atoms with Gasteiger partial charge in [0.05, 0.1) is 7.11 Å². The zero-order valence-electron chi connectivity index (χ0n) is 12.2. The predicted octanol–water partition coefficient (Wildman–Crippen LogP) is 2.71. The highest BCUT2D eigenvalue weighted by Crippen LogP contribution is 2.24. The van der Waals surface area contributed by atoms with E-state index in [9.17, 15) is 0 Å². The molecule has 0 spiro atoms. The Labute approximate surface area is 116 Å². The van der Waals surface area contributed by atoms with Gasteiger partial charge >= 0.3 is 0 Å². The minimum Gasteiger partial charge on any atom is -0.496 e. The molecule has 1 aliphatic heterocycles. The maximum absolute atomic E-state index is 5.94. The normalized spacial score (nSPS) is 21.1. The Morgan fingerprint density at radius 3 is 2.89 bits per heavy atom. The number of hydrogen-bond donors (Lipinski definition) is 1. The molecule has 3 heteroatoms. The first kappa shape index (κ1) is 14.4. The van der Waals surface area contributed by atoms with Crippen LogP contribution in [0.2, 0.25) is 0 Å². The van der Waals surface area contributed by atoms with E-state index in [-0.39, 0.29) is 0 Å². The topological polar surface area (TPSA) is 38.5 Å². The molecule has 2 rings (SSSR count). The summed E-state index contributed by atoms with van der Waals surface area (Å²) in [6.45, 7) is 4.99. The lowest BCUT2D eigenvalue weighted by molar-refractivity contribution is 0.193. The van der Waals surface area contributed by atoms with Gasteiger partial charge in [0, 0.05) is 24.7 Å². The summed E-state index contributed by atoms with van der Waals surface area (Å²) in [5.74, 6) is 0.991. The Hall–Kier alpha value is -1.06. The molecule has 3 nitrogen and oxygen atoms in total. The van der Waals surface area contributed by atoms with Gasteiger partial charge in [-0.3, -0.25) is 4.90 Å². The van der Waals surface area contributed by atoms with Crippen molar-refractivity contribution in [2.45, 2.75) is 45.2 Å². The molecular weight excluding hydrogens is 236 g/mol. The first-order valence-electron chi connectivity index (χ1n) is 7.32. The van der Waals surface area contributed by atoms with Crippen molar-refractivity contribution >= 4 is 0 Å². The molecule has 1 fully saturated rings. The van der Waals surface area contributed by atoms with Gasteiger partial charge in [-0.15, -0.1) is 0 Å². The van der Waals surface area contributed by atoms with Gasteiger partial charge in [-0.2, -0.15) is 0 Å². The lowest BCUT2D eigenvalue weighted by atomic mass is 10.1. The van der Waals surface area contributed by atoms with Gasteiger partial charge in [-0.25, -0.2) is 0 Å². The number of nitrogens with two attached hydrogens (primary N) is 1. The molecule has 1 aliphatic rings.